The smallest absolute Gasteiger partial charge is 0.348 e. The minimum Gasteiger partial charge on any atom is -0.477 e. The van der Waals surface area contributed by atoms with Crippen molar-refractivity contribution < 1.29 is 19.8 Å². The predicted molar refractivity (Wildman–Crippen MR) is 86.5 cm³/mol. The number of carboxylic acids is 1. The topological polar surface area (TPSA) is 77.8 Å². The molecule has 2 atom stereocenters. The molecule has 22 heavy (non-hydrogen) atoms. The number of thiophene rings is 1. The Balaban J connectivity index is 2.41. The molecule has 5 nitrogen and oxygen atoms in total. The Labute approximate surface area is 134 Å². The van der Waals surface area contributed by atoms with Gasteiger partial charge in [-0.05, 0) is 45.1 Å². The normalized spacial score (nSPS) is 25.2. The molecule has 1 aromatic rings. The van der Waals surface area contributed by atoms with Crippen LogP contribution in [0.15, 0.2) is 11.4 Å². The fourth-order valence-corrected chi connectivity index (χ4v) is 3.84. The summed E-state index contributed by atoms with van der Waals surface area (Å²) in [6.45, 7) is 5.51. The summed E-state index contributed by atoms with van der Waals surface area (Å²) in [6.07, 6.45) is 2.39. The Hall–Kier alpha value is -1.40. The van der Waals surface area contributed by atoms with Crippen LogP contribution in [0.5, 0.6) is 0 Å². The van der Waals surface area contributed by atoms with Crippen LogP contribution in [-0.4, -0.2) is 34.2 Å². The second-order valence-electron chi connectivity index (χ2n) is 6.39. The van der Waals surface area contributed by atoms with Crippen LogP contribution in [-0.2, 0) is 4.79 Å². The molecule has 6 heteroatoms. The Morgan fingerprint density at radius 1 is 1.41 bits per heavy atom. The molecular weight excluding hydrogens is 302 g/mol. The minimum atomic E-state index is -1.03. The fourth-order valence-electron chi connectivity index (χ4n) is 3.11. The highest BCUT2D eigenvalue weighted by Crippen LogP contribution is 2.40. The number of hydrogen-bond acceptors (Lipinski definition) is 4. The SMILES string of the molecule is CC(C)N(C(=O)C1(C)CCCCC1O)c1ccsc1C(=O)O. The lowest BCUT2D eigenvalue weighted by Gasteiger charge is -2.41. The second-order valence-corrected chi connectivity index (χ2v) is 7.30. The zero-order chi connectivity index (χ0) is 16.5. The number of nitrogens with zero attached hydrogens (tertiary/aromatic N) is 1. The van der Waals surface area contributed by atoms with Gasteiger partial charge in [0.15, 0.2) is 0 Å². The van der Waals surface area contributed by atoms with Crippen LogP contribution in [0.4, 0.5) is 5.69 Å². The highest BCUT2D eigenvalue weighted by molar-refractivity contribution is 7.12. The molecule has 2 rings (SSSR count). The van der Waals surface area contributed by atoms with Crippen molar-refractivity contribution in [3.63, 3.8) is 0 Å². The molecule has 2 N–H and O–H groups in total. The molecule has 1 heterocycles. The van der Waals surface area contributed by atoms with Gasteiger partial charge in [0, 0.05) is 6.04 Å². The van der Waals surface area contributed by atoms with E-state index in [2.05, 4.69) is 0 Å². The lowest BCUT2D eigenvalue weighted by atomic mass is 9.72. The third-order valence-corrected chi connectivity index (χ3v) is 5.37. The molecule has 0 spiro atoms. The number of hydrogen-bond donors (Lipinski definition) is 2. The van der Waals surface area contributed by atoms with E-state index in [1.807, 2.05) is 13.8 Å². The largest absolute Gasteiger partial charge is 0.477 e. The lowest BCUT2D eigenvalue weighted by molar-refractivity contribution is -0.137. The molecular formula is C16H23NO4S. The minimum absolute atomic E-state index is 0.163. The van der Waals surface area contributed by atoms with Crippen LogP contribution in [0.2, 0.25) is 0 Å². The predicted octanol–water partition coefficient (Wildman–Crippen LogP) is 3.13. The van der Waals surface area contributed by atoms with Crippen LogP contribution in [0.25, 0.3) is 0 Å². The molecule has 1 fully saturated rings. The lowest BCUT2D eigenvalue weighted by Crippen LogP contribution is -2.52. The molecule has 1 amide bonds. The van der Waals surface area contributed by atoms with Crippen molar-refractivity contribution in [2.45, 2.75) is 58.6 Å². The molecule has 1 aliphatic carbocycles. The number of amides is 1. The third-order valence-electron chi connectivity index (χ3n) is 4.48. The van der Waals surface area contributed by atoms with Gasteiger partial charge >= 0.3 is 5.97 Å². The van der Waals surface area contributed by atoms with Crippen molar-refractivity contribution in [1.82, 2.24) is 0 Å². The van der Waals surface area contributed by atoms with Crippen molar-refractivity contribution in [2.75, 3.05) is 4.90 Å². The first-order chi connectivity index (χ1) is 10.3. The van der Waals surface area contributed by atoms with E-state index in [-0.39, 0.29) is 16.8 Å². The van der Waals surface area contributed by atoms with Crippen LogP contribution < -0.4 is 4.90 Å². The van der Waals surface area contributed by atoms with Gasteiger partial charge in [0.05, 0.1) is 17.2 Å². The maximum absolute atomic E-state index is 13.1. The third kappa shape index (κ3) is 2.90. The standard InChI is InChI=1S/C16H23NO4S/c1-10(2)17(11-7-9-22-13(11)14(19)20)15(21)16(3)8-5-4-6-12(16)18/h7,9-10,12,18H,4-6,8H2,1-3H3,(H,19,20). The summed E-state index contributed by atoms with van der Waals surface area (Å²) >= 11 is 1.11. The number of aliphatic hydroxyl groups excluding tert-OH is 1. The molecule has 0 bridgehead atoms. The van der Waals surface area contributed by atoms with Gasteiger partial charge in [0.1, 0.15) is 4.88 Å². The zero-order valence-electron chi connectivity index (χ0n) is 13.2. The molecule has 122 valence electrons. The van der Waals surface area contributed by atoms with Crippen molar-refractivity contribution >= 4 is 28.9 Å². The van der Waals surface area contributed by atoms with Gasteiger partial charge in [-0.2, -0.15) is 0 Å². The molecule has 1 aromatic heterocycles. The summed E-state index contributed by atoms with van der Waals surface area (Å²) in [6, 6.07) is 1.50. The van der Waals surface area contributed by atoms with E-state index >= 15 is 0 Å². The fraction of sp³-hybridized carbons (Fsp3) is 0.625. The van der Waals surface area contributed by atoms with E-state index in [9.17, 15) is 19.8 Å². The Morgan fingerprint density at radius 2 is 2.09 bits per heavy atom. The van der Waals surface area contributed by atoms with Crippen molar-refractivity contribution in [3.05, 3.63) is 16.3 Å². The van der Waals surface area contributed by atoms with Gasteiger partial charge in [0.2, 0.25) is 5.91 Å². The maximum atomic E-state index is 13.1. The molecule has 0 aromatic carbocycles. The van der Waals surface area contributed by atoms with E-state index in [1.54, 1.807) is 18.4 Å². The summed E-state index contributed by atoms with van der Waals surface area (Å²) in [5, 5.41) is 21.3. The van der Waals surface area contributed by atoms with Crippen molar-refractivity contribution in [1.29, 1.82) is 0 Å². The van der Waals surface area contributed by atoms with Crippen LogP contribution in [0.1, 0.15) is 56.1 Å². The number of rotatable bonds is 4. The number of carboxylic acid groups (broad SMARTS) is 1. The van der Waals surface area contributed by atoms with Crippen LogP contribution in [0, 0.1) is 5.41 Å². The highest BCUT2D eigenvalue weighted by atomic mass is 32.1. The Kier molecular flexibility index (Phi) is 4.92. The number of carbonyl (C=O) groups is 2. The van der Waals surface area contributed by atoms with Gasteiger partial charge in [-0.1, -0.05) is 12.8 Å². The van der Waals surface area contributed by atoms with E-state index in [4.69, 9.17) is 0 Å². The number of aliphatic hydroxyl groups is 1. The number of aromatic carboxylic acids is 1. The zero-order valence-corrected chi connectivity index (χ0v) is 14.0. The van der Waals surface area contributed by atoms with Crippen LogP contribution >= 0.6 is 11.3 Å². The van der Waals surface area contributed by atoms with Gasteiger partial charge in [-0.15, -0.1) is 11.3 Å². The Bertz CT molecular complexity index is 568. The summed E-state index contributed by atoms with van der Waals surface area (Å²) in [5.41, 5.74) is -0.420. The molecule has 1 aliphatic rings. The monoisotopic (exact) mass is 325 g/mol. The highest BCUT2D eigenvalue weighted by Gasteiger charge is 2.45. The van der Waals surface area contributed by atoms with E-state index in [0.29, 0.717) is 18.5 Å². The molecule has 2 unspecified atom stereocenters. The second kappa shape index (κ2) is 6.38. The first kappa shape index (κ1) is 17.0. The molecule has 1 saturated carbocycles. The van der Waals surface area contributed by atoms with Crippen LogP contribution in [0.3, 0.4) is 0 Å². The summed E-state index contributed by atoms with van der Waals surface area (Å²) in [4.78, 5) is 26.2. The molecule has 0 saturated heterocycles. The average molecular weight is 325 g/mol. The van der Waals surface area contributed by atoms with Crippen molar-refractivity contribution in [3.8, 4) is 0 Å². The van der Waals surface area contributed by atoms with Gasteiger partial charge in [-0.25, -0.2) is 4.79 Å². The number of carbonyl (C=O) groups excluding carboxylic acids is 1. The van der Waals surface area contributed by atoms with Gasteiger partial charge in [-0.3, -0.25) is 4.79 Å². The molecule has 0 aliphatic heterocycles. The van der Waals surface area contributed by atoms with Gasteiger partial charge < -0.3 is 15.1 Å². The average Bonchev–Trinajstić information content (AvgIpc) is 2.91. The van der Waals surface area contributed by atoms with E-state index < -0.39 is 17.5 Å². The van der Waals surface area contributed by atoms with E-state index in [1.165, 1.54) is 4.90 Å². The number of anilines is 1. The van der Waals surface area contributed by atoms with E-state index in [0.717, 1.165) is 24.2 Å². The van der Waals surface area contributed by atoms with Crippen molar-refractivity contribution in [2.24, 2.45) is 5.41 Å². The summed E-state index contributed by atoms with van der Waals surface area (Å²) in [7, 11) is 0. The first-order valence-corrected chi connectivity index (χ1v) is 8.49. The summed E-state index contributed by atoms with van der Waals surface area (Å²) < 4.78 is 0. The Morgan fingerprint density at radius 3 is 2.64 bits per heavy atom. The maximum Gasteiger partial charge on any atom is 0.348 e. The molecule has 0 radical (unpaired) electrons. The first-order valence-electron chi connectivity index (χ1n) is 7.61. The van der Waals surface area contributed by atoms with Gasteiger partial charge in [0.25, 0.3) is 0 Å². The summed E-state index contributed by atoms with van der Waals surface area (Å²) in [5.74, 6) is -1.21. The quantitative estimate of drug-likeness (QED) is 0.891.